The summed E-state index contributed by atoms with van der Waals surface area (Å²) < 4.78 is 0. The molecular formula is C10H18ClNO. The van der Waals surface area contributed by atoms with Crippen molar-refractivity contribution in [2.45, 2.75) is 51.0 Å². The molecule has 3 heteroatoms. The zero-order chi connectivity index (χ0) is 9.52. The summed E-state index contributed by atoms with van der Waals surface area (Å²) >= 11 is 5.51. The molecular weight excluding hydrogens is 186 g/mol. The van der Waals surface area contributed by atoms with Gasteiger partial charge in [-0.2, -0.15) is 0 Å². The molecule has 0 heterocycles. The number of carbonyl (C=O) groups excluding carboxylic acids is 1. The Hall–Kier alpha value is -0.240. The molecule has 76 valence electrons. The Bertz CT molecular complexity index is 155. The van der Waals surface area contributed by atoms with Crippen molar-refractivity contribution >= 4 is 17.5 Å². The minimum Gasteiger partial charge on any atom is -0.353 e. The van der Waals surface area contributed by atoms with Crippen LogP contribution in [0.3, 0.4) is 0 Å². The van der Waals surface area contributed by atoms with E-state index >= 15 is 0 Å². The number of halogens is 1. The first-order valence-electron chi connectivity index (χ1n) is 5.18. The molecule has 1 amide bonds. The first kappa shape index (κ1) is 10.8. The number of rotatable bonds is 4. The third-order valence-corrected chi connectivity index (χ3v) is 2.78. The molecule has 0 aromatic rings. The Kier molecular flexibility index (Phi) is 5.21. The van der Waals surface area contributed by atoms with Crippen LogP contribution < -0.4 is 5.32 Å². The van der Waals surface area contributed by atoms with Crippen LogP contribution in [-0.2, 0) is 4.79 Å². The van der Waals surface area contributed by atoms with Crippen LogP contribution in [0, 0.1) is 0 Å². The largest absolute Gasteiger partial charge is 0.353 e. The van der Waals surface area contributed by atoms with Crippen molar-refractivity contribution in [3.8, 4) is 0 Å². The summed E-state index contributed by atoms with van der Waals surface area (Å²) in [5.74, 6) is 0.755. The first-order valence-corrected chi connectivity index (χ1v) is 5.71. The van der Waals surface area contributed by atoms with Crippen molar-refractivity contribution in [1.82, 2.24) is 5.32 Å². The van der Waals surface area contributed by atoms with Gasteiger partial charge in [0.2, 0.25) is 5.91 Å². The van der Waals surface area contributed by atoms with Crippen LogP contribution in [0.5, 0.6) is 0 Å². The van der Waals surface area contributed by atoms with Crippen LogP contribution in [0.25, 0.3) is 0 Å². The maximum Gasteiger partial charge on any atom is 0.220 e. The summed E-state index contributed by atoms with van der Waals surface area (Å²) in [6, 6.07) is 0.441. The van der Waals surface area contributed by atoms with Crippen LogP contribution in [0.1, 0.15) is 44.9 Å². The van der Waals surface area contributed by atoms with Gasteiger partial charge in [0, 0.05) is 18.3 Å². The molecule has 0 radical (unpaired) electrons. The Labute approximate surface area is 85.0 Å². The highest BCUT2D eigenvalue weighted by atomic mass is 35.5. The van der Waals surface area contributed by atoms with Gasteiger partial charge in [-0.05, 0) is 19.3 Å². The van der Waals surface area contributed by atoms with E-state index in [1.54, 1.807) is 0 Å². The van der Waals surface area contributed by atoms with Crippen LogP contribution in [-0.4, -0.2) is 17.8 Å². The van der Waals surface area contributed by atoms with Crippen molar-refractivity contribution in [1.29, 1.82) is 0 Å². The molecule has 1 aliphatic rings. The lowest BCUT2D eigenvalue weighted by atomic mass is 9.95. The monoisotopic (exact) mass is 203 g/mol. The molecule has 1 fully saturated rings. The maximum absolute atomic E-state index is 11.3. The summed E-state index contributed by atoms with van der Waals surface area (Å²) in [6.07, 6.45) is 7.55. The van der Waals surface area contributed by atoms with E-state index in [4.69, 9.17) is 11.6 Å². The summed E-state index contributed by atoms with van der Waals surface area (Å²) in [4.78, 5) is 11.3. The average Bonchev–Trinajstić information content (AvgIpc) is 2.16. The molecule has 0 atom stereocenters. The molecule has 1 rings (SSSR count). The second-order valence-electron chi connectivity index (χ2n) is 3.69. The lowest BCUT2D eigenvalue weighted by molar-refractivity contribution is -0.122. The summed E-state index contributed by atoms with van der Waals surface area (Å²) in [5, 5.41) is 3.06. The van der Waals surface area contributed by atoms with E-state index in [0.717, 1.165) is 19.3 Å². The van der Waals surface area contributed by atoms with Crippen molar-refractivity contribution in [3.05, 3.63) is 0 Å². The predicted octanol–water partition coefficient (Wildman–Crippen LogP) is 2.45. The van der Waals surface area contributed by atoms with Gasteiger partial charge >= 0.3 is 0 Å². The van der Waals surface area contributed by atoms with Crippen molar-refractivity contribution in [3.63, 3.8) is 0 Å². The second-order valence-corrected chi connectivity index (χ2v) is 4.07. The van der Waals surface area contributed by atoms with Crippen LogP contribution in [0.2, 0.25) is 0 Å². The smallest absolute Gasteiger partial charge is 0.220 e. The van der Waals surface area contributed by atoms with E-state index in [2.05, 4.69) is 5.32 Å². The Morgan fingerprint density at radius 1 is 1.31 bits per heavy atom. The Balaban J connectivity index is 2.11. The topological polar surface area (TPSA) is 29.1 Å². The van der Waals surface area contributed by atoms with E-state index in [1.807, 2.05) is 0 Å². The summed E-state index contributed by atoms with van der Waals surface area (Å²) in [5.41, 5.74) is 0. The Morgan fingerprint density at radius 3 is 2.62 bits per heavy atom. The minimum absolute atomic E-state index is 0.174. The van der Waals surface area contributed by atoms with Crippen molar-refractivity contribution < 1.29 is 4.79 Å². The van der Waals surface area contributed by atoms with Crippen LogP contribution in [0.15, 0.2) is 0 Å². The van der Waals surface area contributed by atoms with Gasteiger partial charge in [-0.15, -0.1) is 11.6 Å². The van der Waals surface area contributed by atoms with Gasteiger partial charge in [-0.1, -0.05) is 19.3 Å². The number of carbonyl (C=O) groups is 1. The normalized spacial score (nSPS) is 18.5. The molecule has 0 spiro atoms. The van der Waals surface area contributed by atoms with E-state index in [1.165, 1.54) is 19.3 Å². The molecule has 0 aromatic carbocycles. The van der Waals surface area contributed by atoms with E-state index in [0.29, 0.717) is 18.3 Å². The number of hydrogen-bond donors (Lipinski definition) is 1. The molecule has 1 N–H and O–H groups in total. The van der Waals surface area contributed by atoms with Gasteiger partial charge in [0.15, 0.2) is 0 Å². The average molecular weight is 204 g/mol. The van der Waals surface area contributed by atoms with Gasteiger partial charge in [0.1, 0.15) is 0 Å². The van der Waals surface area contributed by atoms with Gasteiger partial charge < -0.3 is 5.32 Å². The quantitative estimate of drug-likeness (QED) is 0.699. The van der Waals surface area contributed by atoms with Gasteiger partial charge in [0.05, 0.1) is 0 Å². The zero-order valence-electron chi connectivity index (χ0n) is 8.02. The van der Waals surface area contributed by atoms with Crippen LogP contribution >= 0.6 is 11.6 Å². The van der Waals surface area contributed by atoms with E-state index in [-0.39, 0.29) is 5.91 Å². The molecule has 2 nitrogen and oxygen atoms in total. The number of hydrogen-bond acceptors (Lipinski definition) is 1. The lowest BCUT2D eigenvalue weighted by Crippen LogP contribution is -2.36. The highest BCUT2D eigenvalue weighted by Crippen LogP contribution is 2.17. The van der Waals surface area contributed by atoms with Crippen molar-refractivity contribution in [2.75, 3.05) is 5.88 Å². The minimum atomic E-state index is 0.174. The number of amides is 1. The highest BCUT2D eigenvalue weighted by molar-refractivity contribution is 6.17. The maximum atomic E-state index is 11.3. The van der Waals surface area contributed by atoms with Crippen molar-refractivity contribution in [2.24, 2.45) is 0 Å². The van der Waals surface area contributed by atoms with Crippen LogP contribution in [0.4, 0.5) is 0 Å². The molecule has 0 aliphatic heterocycles. The molecule has 0 unspecified atom stereocenters. The lowest BCUT2D eigenvalue weighted by Gasteiger charge is -2.22. The Morgan fingerprint density at radius 2 is 2.00 bits per heavy atom. The van der Waals surface area contributed by atoms with E-state index in [9.17, 15) is 4.79 Å². The fraction of sp³-hybridized carbons (Fsp3) is 0.900. The third-order valence-electron chi connectivity index (χ3n) is 2.51. The van der Waals surface area contributed by atoms with E-state index < -0.39 is 0 Å². The number of alkyl halides is 1. The fourth-order valence-electron chi connectivity index (χ4n) is 1.77. The molecule has 0 bridgehead atoms. The van der Waals surface area contributed by atoms with Gasteiger partial charge in [-0.25, -0.2) is 0 Å². The standard InChI is InChI=1S/C10H18ClNO/c11-8-4-7-10(13)12-9-5-2-1-3-6-9/h9H,1-8H2,(H,12,13). The van der Waals surface area contributed by atoms with Gasteiger partial charge in [-0.3, -0.25) is 4.79 Å². The molecule has 0 saturated heterocycles. The highest BCUT2D eigenvalue weighted by Gasteiger charge is 2.14. The predicted molar refractivity (Wildman–Crippen MR) is 55.0 cm³/mol. The summed E-state index contributed by atoms with van der Waals surface area (Å²) in [7, 11) is 0. The van der Waals surface area contributed by atoms with Gasteiger partial charge in [0.25, 0.3) is 0 Å². The third kappa shape index (κ3) is 4.51. The number of nitrogens with one attached hydrogen (secondary N) is 1. The second kappa shape index (κ2) is 6.25. The molecule has 13 heavy (non-hydrogen) atoms. The fourth-order valence-corrected chi connectivity index (χ4v) is 1.91. The molecule has 1 saturated carbocycles. The first-order chi connectivity index (χ1) is 6.33. The zero-order valence-corrected chi connectivity index (χ0v) is 8.78. The SMILES string of the molecule is O=C(CCCCl)NC1CCCCC1. The molecule has 0 aromatic heterocycles. The molecule has 1 aliphatic carbocycles. The summed E-state index contributed by atoms with van der Waals surface area (Å²) in [6.45, 7) is 0.